The average Bonchev–Trinajstić information content (AvgIpc) is 2.29. The van der Waals surface area contributed by atoms with Crippen molar-refractivity contribution in [1.29, 1.82) is 0 Å². The number of aliphatic carboxylic acids is 1. The first-order chi connectivity index (χ1) is 8.04. The molecule has 0 saturated heterocycles. The number of rotatable bonds is 5. The van der Waals surface area contributed by atoms with Gasteiger partial charge in [-0.15, -0.1) is 0 Å². The molecule has 0 heterocycles. The van der Waals surface area contributed by atoms with Crippen molar-refractivity contribution in [1.82, 2.24) is 0 Å². The summed E-state index contributed by atoms with van der Waals surface area (Å²) in [6.45, 7) is 3.57. The Balaban J connectivity index is 2.68. The van der Waals surface area contributed by atoms with Gasteiger partial charge >= 0.3 is 5.97 Å². The van der Waals surface area contributed by atoms with Crippen LogP contribution in [0.4, 0.5) is 5.69 Å². The molecule has 0 aliphatic carbocycles. The Kier molecular flexibility index (Phi) is 4.69. The van der Waals surface area contributed by atoms with Crippen molar-refractivity contribution in [2.75, 3.05) is 5.32 Å². The molecule has 0 radical (unpaired) electrons. The number of hydrogen-bond acceptors (Lipinski definition) is 2. The first-order valence-electron chi connectivity index (χ1n) is 5.67. The quantitative estimate of drug-likeness (QED) is 0.824. The highest BCUT2D eigenvalue weighted by Gasteiger charge is 2.13. The Labute approximate surface area is 101 Å². The lowest BCUT2D eigenvalue weighted by Gasteiger charge is -2.08. The largest absolute Gasteiger partial charge is 0.481 e. The second kappa shape index (κ2) is 6.03. The Morgan fingerprint density at radius 2 is 1.88 bits per heavy atom. The lowest BCUT2D eigenvalue weighted by atomic mass is 10.0. The zero-order valence-corrected chi connectivity index (χ0v) is 10.1. The molecule has 92 valence electrons. The van der Waals surface area contributed by atoms with Gasteiger partial charge in [-0.25, -0.2) is 0 Å². The highest BCUT2D eigenvalue weighted by atomic mass is 16.4. The molecule has 1 amide bonds. The number of benzene rings is 1. The smallest absolute Gasteiger partial charge is 0.310 e. The van der Waals surface area contributed by atoms with Crippen LogP contribution in [0.15, 0.2) is 24.3 Å². The molecule has 4 heteroatoms. The van der Waals surface area contributed by atoms with Gasteiger partial charge in [0.25, 0.3) is 0 Å². The minimum absolute atomic E-state index is 0.0217. The van der Waals surface area contributed by atoms with E-state index in [9.17, 15) is 9.59 Å². The number of anilines is 1. The van der Waals surface area contributed by atoms with Crippen molar-refractivity contribution in [3.8, 4) is 0 Å². The zero-order chi connectivity index (χ0) is 12.8. The Hall–Kier alpha value is -1.84. The summed E-state index contributed by atoms with van der Waals surface area (Å²) in [5, 5.41) is 11.6. The van der Waals surface area contributed by atoms with E-state index in [0.717, 1.165) is 12.0 Å². The van der Waals surface area contributed by atoms with Crippen LogP contribution >= 0.6 is 0 Å². The summed E-state index contributed by atoms with van der Waals surface area (Å²) in [6, 6.07) is 6.89. The fourth-order valence-electron chi connectivity index (χ4n) is 1.45. The summed E-state index contributed by atoms with van der Waals surface area (Å²) >= 11 is 0. The van der Waals surface area contributed by atoms with E-state index in [-0.39, 0.29) is 5.91 Å². The lowest BCUT2D eigenvalue weighted by Crippen LogP contribution is -2.11. The van der Waals surface area contributed by atoms with E-state index in [2.05, 4.69) is 5.32 Å². The fourth-order valence-corrected chi connectivity index (χ4v) is 1.45. The molecule has 1 aromatic carbocycles. The van der Waals surface area contributed by atoms with Crippen molar-refractivity contribution in [2.24, 2.45) is 0 Å². The van der Waals surface area contributed by atoms with E-state index in [1.54, 1.807) is 31.2 Å². The van der Waals surface area contributed by atoms with Gasteiger partial charge in [0.2, 0.25) is 5.91 Å². The van der Waals surface area contributed by atoms with E-state index < -0.39 is 11.9 Å². The monoisotopic (exact) mass is 235 g/mol. The molecule has 0 aliphatic rings. The van der Waals surface area contributed by atoms with Crippen LogP contribution in [0.1, 0.15) is 38.2 Å². The van der Waals surface area contributed by atoms with Gasteiger partial charge in [-0.2, -0.15) is 0 Å². The second-order valence-corrected chi connectivity index (χ2v) is 3.98. The molecule has 17 heavy (non-hydrogen) atoms. The third-order valence-electron chi connectivity index (χ3n) is 2.54. The molecule has 1 atom stereocenters. The van der Waals surface area contributed by atoms with Gasteiger partial charge in [-0.1, -0.05) is 19.1 Å². The Morgan fingerprint density at radius 1 is 1.29 bits per heavy atom. The maximum absolute atomic E-state index is 11.3. The molecular formula is C13H17NO3. The zero-order valence-electron chi connectivity index (χ0n) is 10.1. The molecule has 0 aliphatic heterocycles. The molecule has 0 saturated carbocycles. The molecule has 1 rings (SSSR count). The van der Waals surface area contributed by atoms with E-state index in [1.807, 2.05) is 6.92 Å². The van der Waals surface area contributed by atoms with Crippen molar-refractivity contribution in [3.63, 3.8) is 0 Å². The molecule has 2 N–H and O–H groups in total. The van der Waals surface area contributed by atoms with Gasteiger partial charge in [0, 0.05) is 12.1 Å². The van der Waals surface area contributed by atoms with Crippen LogP contribution < -0.4 is 5.32 Å². The first-order valence-corrected chi connectivity index (χ1v) is 5.67. The molecule has 0 fully saturated rings. The maximum Gasteiger partial charge on any atom is 0.310 e. The van der Waals surface area contributed by atoms with Gasteiger partial charge in [0.1, 0.15) is 0 Å². The number of nitrogens with one attached hydrogen (secondary N) is 1. The van der Waals surface area contributed by atoms with Crippen LogP contribution in [0, 0.1) is 0 Å². The van der Waals surface area contributed by atoms with Gasteiger partial charge in [0.05, 0.1) is 5.92 Å². The van der Waals surface area contributed by atoms with Gasteiger partial charge < -0.3 is 10.4 Å². The number of carbonyl (C=O) groups excluding carboxylic acids is 1. The van der Waals surface area contributed by atoms with Crippen LogP contribution in [-0.2, 0) is 9.59 Å². The summed E-state index contributed by atoms with van der Waals surface area (Å²) in [5.74, 6) is -1.41. The summed E-state index contributed by atoms with van der Waals surface area (Å²) < 4.78 is 0. The van der Waals surface area contributed by atoms with Crippen molar-refractivity contribution in [2.45, 2.75) is 32.6 Å². The normalized spacial score (nSPS) is 11.9. The number of carboxylic acid groups (broad SMARTS) is 1. The van der Waals surface area contributed by atoms with Gasteiger partial charge in [-0.3, -0.25) is 9.59 Å². The Morgan fingerprint density at radius 3 is 2.35 bits per heavy atom. The number of carboxylic acids is 1. The fraction of sp³-hybridized carbons (Fsp3) is 0.385. The number of carbonyl (C=O) groups is 2. The van der Waals surface area contributed by atoms with Crippen molar-refractivity contribution < 1.29 is 14.7 Å². The molecular weight excluding hydrogens is 218 g/mol. The minimum Gasteiger partial charge on any atom is -0.481 e. The molecule has 0 spiro atoms. The van der Waals surface area contributed by atoms with Crippen LogP contribution in [-0.4, -0.2) is 17.0 Å². The van der Waals surface area contributed by atoms with E-state index in [4.69, 9.17) is 5.11 Å². The van der Waals surface area contributed by atoms with Gasteiger partial charge in [-0.05, 0) is 31.0 Å². The number of amides is 1. The molecule has 0 bridgehead atoms. The predicted molar refractivity (Wildman–Crippen MR) is 66.0 cm³/mol. The summed E-state index contributed by atoms with van der Waals surface area (Å²) in [4.78, 5) is 22.1. The lowest BCUT2D eigenvalue weighted by molar-refractivity contribution is -0.138. The topological polar surface area (TPSA) is 66.4 Å². The van der Waals surface area contributed by atoms with Crippen LogP contribution in [0.2, 0.25) is 0 Å². The first kappa shape index (κ1) is 13.2. The maximum atomic E-state index is 11.3. The van der Waals surface area contributed by atoms with E-state index in [0.29, 0.717) is 12.1 Å². The van der Waals surface area contributed by atoms with E-state index in [1.165, 1.54) is 0 Å². The second-order valence-electron chi connectivity index (χ2n) is 3.98. The van der Waals surface area contributed by atoms with Crippen molar-refractivity contribution >= 4 is 17.6 Å². The molecule has 0 aromatic heterocycles. The average molecular weight is 235 g/mol. The van der Waals surface area contributed by atoms with Crippen LogP contribution in [0.5, 0.6) is 0 Å². The number of hydrogen-bond donors (Lipinski definition) is 2. The third-order valence-corrected chi connectivity index (χ3v) is 2.54. The van der Waals surface area contributed by atoms with Gasteiger partial charge in [0.15, 0.2) is 0 Å². The van der Waals surface area contributed by atoms with Crippen LogP contribution in [0.25, 0.3) is 0 Å². The predicted octanol–water partition coefficient (Wildman–Crippen LogP) is 2.61. The minimum atomic E-state index is -0.854. The van der Waals surface area contributed by atoms with E-state index >= 15 is 0 Å². The molecule has 1 aromatic rings. The summed E-state index contributed by atoms with van der Waals surface area (Å²) in [5.41, 5.74) is 1.43. The third kappa shape index (κ3) is 3.90. The molecule has 1 unspecified atom stereocenters. The summed E-state index contributed by atoms with van der Waals surface area (Å²) in [6.07, 6.45) is 1.30. The van der Waals surface area contributed by atoms with Crippen LogP contribution in [0.3, 0.4) is 0 Å². The van der Waals surface area contributed by atoms with Crippen molar-refractivity contribution in [3.05, 3.63) is 29.8 Å². The summed E-state index contributed by atoms with van der Waals surface area (Å²) in [7, 11) is 0. The highest BCUT2D eigenvalue weighted by molar-refractivity contribution is 5.90. The molecule has 4 nitrogen and oxygen atoms in total. The highest BCUT2D eigenvalue weighted by Crippen LogP contribution is 2.18. The Bertz CT molecular complexity index is 398. The standard InChI is InChI=1S/C13H17NO3/c1-3-4-12(15)14-11-7-5-10(6-8-11)9(2)13(16)17/h5-9H,3-4H2,1-2H3,(H,14,15)(H,16,17). The SMILES string of the molecule is CCCC(=O)Nc1ccc(C(C)C(=O)O)cc1.